The summed E-state index contributed by atoms with van der Waals surface area (Å²) in [6, 6.07) is 13.2. The quantitative estimate of drug-likeness (QED) is 0.874. The molecule has 0 spiro atoms. The van der Waals surface area contributed by atoms with Crippen molar-refractivity contribution >= 4 is 11.6 Å². The molecule has 20 heavy (non-hydrogen) atoms. The molecule has 2 rings (SSSR count). The number of rotatable bonds is 4. The van der Waals surface area contributed by atoms with Gasteiger partial charge in [-0.3, -0.25) is 4.79 Å². The molecule has 2 N–H and O–H groups in total. The van der Waals surface area contributed by atoms with Crippen LogP contribution in [0.25, 0.3) is 0 Å². The number of halogens is 1. The van der Waals surface area contributed by atoms with E-state index in [9.17, 15) is 9.18 Å². The summed E-state index contributed by atoms with van der Waals surface area (Å²) in [5.41, 5.74) is 2.35. The topological polar surface area (TPSA) is 33.5 Å². The van der Waals surface area contributed by atoms with E-state index < -0.39 is 0 Å². The highest BCUT2D eigenvalue weighted by atomic mass is 19.1. The Balaban J connectivity index is 2.03. The molecule has 0 heterocycles. The Labute approximate surface area is 118 Å². The van der Waals surface area contributed by atoms with Gasteiger partial charge in [-0.15, -0.1) is 0 Å². The summed E-state index contributed by atoms with van der Waals surface area (Å²) in [4.78, 5) is 13.3. The van der Waals surface area contributed by atoms with Crippen LogP contribution < -0.4 is 10.2 Å². The highest BCUT2D eigenvalue weighted by Crippen LogP contribution is 2.11. The first-order valence-electron chi connectivity index (χ1n) is 6.49. The Morgan fingerprint density at radius 1 is 1.05 bits per heavy atom. The van der Waals surface area contributed by atoms with Gasteiger partial charge in [-0.25, -0.2) is 4.39 Å². The monoisotopic (exact) mass is 273 g/mol. The summed E-state index contributed by atoms with van der Waals surface area (Å²) >= 11 is 0. The van der Waals surface area contributed by atoms with Crippen LogP contribution in [0.5, 0.6) is 0 Å². The summed E-state index contributed by atoms with van der Waals surface area (Å²) in [5, 5.41) is 2.73. The Hall–Kier alpha value is -2.20. The zero-order chi connectivity index (χ0) is 14.5. The van der Waals surface area contributed by atoms with Crippen molar-refractivity contribution in [1.29, 1.82) is 0 Å². The van der Waals surface area contributed by atoms with E-state index in [2.05, 4.69) is 19.4 Å². The van der Waals surface area contributed by atoms with Crippen LogP contribution in [0.2, 0.25) is 0 Å². The number of nitrogens with one attached hydrogen (secondary N) is 2. The molecule has 0 aliphatic carbocycles. The fraction of sp³-hybridized carbons (Fsp3) is 0.188. The number of carbonyl (C=O) groups excluding carboxylic acids is 1. The Kier molecular flexibility index (Phi) is 4.48. The first-order valence-corrected chi connectivity index (χ1v) is 6.49. The third kappa shape index (κ3) is 3.90. The fourth-order valence-electron chi connectivity index (χ4n) is 1.92. The highest BCUT2D eigenvalue weighted by Gasteiger charge is 2.07. The van der Waals surface area contributed by atoms with Crippen molar-refractivity contribution in [2.75, 3.05) is 19.4 Å². The lowest BCUT2D eigenvalue weighted by Crippen LogP contribution is -3.04. The highest BCUT2D eigenvalue weighted by molar-refractivity contribution is 6.04. The molecular weight excluding hydrogens is 255 g/mol. The van der Waals surface area contributed by atoms with Crippen LogP contribution in [0.15, 0.2) is 48.5 Å². The molecule has 1 amide bonds. The molecule has 0 aliphatic heterocycles. The molecule has 2 aromatic carbocycles. The molecule has 0 bridgehead atoms. The van der Waals surface area contributed by atoms with E-state index in [0.29, 0.717) is 11.3 Å². The van der Waals surface area contributed by atoms with Crippen molar-refractivity contribution in [2.24, 2.45) is 0 Å². The molecular formula is C16H18FN2O+. The average Bonchev–Trinajstić information content (AvgIpc) is 2.41. The van der Waals surface area contributed by atoms with Gasteiger partial charge in [0, 0.05) is 16.8 Å². The number of quaternary nitrogens is 1. The molecule has 4 heteroatoms. The molecule has 0 saturated carbocycles. The van der Waals surface area contributed by atoms with Crippen LogP contribution in [0.1, 0.15) is 15.9 Å². The van der Waals surface area contributed by atoms with Gasteiger partial charge in [-0.2, -0.15) is 0 Å². The second kappa shape index (κ2) is 6.30. The van der Waals surface area contributed by atoms with Gasteiger partial charge >= 0.3 is 0 Å². The van der Waals surface area contributed by atoms with Gasteiger partial charge in [0.2, 0.25) is 0 Å². The number of carbonyl (C=O) groups is 1. The van der Waals surface area contributed by atoms with E-state index in [1.54, 1.807) is 12.1 Å². The van der Waals surface area contributed by atoms with Gasteiger partial charge in [-0.05, 0) is 36.4 Å². The maximum absolute atomic E-state index is 12.8. The molecule has 3 nitrogen and oxygen atoms in total. The molecule has 0 aliphatic rings. The molecule has 0 atom stereocenters. The number of benzene rings is 2. The zero-order valence-electron chi connectivity index (χ0n) is 11.6. The Morgan fingerprint density at radius 2 is 1.65 bits per heavy atom. The van der Waals surface area contributed by atoms with E-state index in [1.807, 2.05) is 12.1 Å². The average molecular weight is 273 g/mol. The number of hydrogen-bond donors (Lipinski definition) is 2. The van der Waals surface area contributed by atoms with Gasteiger partial charge in [-0.1, -0.05) is 12.1 Å². The molecule has 0 fully saturated rings. The third-order valence-corrected chi connectivity index (χ3v) is 2.88. The predicted molar refractivity (Wildman–Crippen MR) is 77.3 cm³/mol. The summed E-state index contributed by atoms with van der Waals surface area (Å²) in [6.45, 7) is 0.917. The molecule has 0 saturated heterocycles. The van der Waals surface area contributed by atoms with E-state index in [1.165, 1.54) is 34.7 Å². The number of anilines is 1. The normalized spacial score (nSPS) is 10.6. The lowest BCUT2D eigenvalue weighted by atomic mass is 10.1. The van der Waals surface area contributed by atoms with Crippen molar-refractivity contribution < 1.29 is 14.1 Å². The maximum atomic E-state index is 12.8. The number of amides is 1. The predicted octanol–water partition coefficient (Wildman–Crippen LogP) is 1.72. The Bertz CT molecular complexity index is 576. The molecule has 2 aromatic rings. The van der Waals surface area contributed by atoms with Gasteiger partial charge in [0.15, 0.2) is 0 Å². The van der Waals surface area contributed by atoms with E-state index in [0.717, 1.165) is 6.54 Å². The van der Waals surface area contributed by atoms with E-state index in [4.69, 9.17) is 0 Å². The van der Waals surface area contributed by atoms with Crippen molar-refractivity contribution in [3.63, 3.8) is 0 Å². The number of hydrogen-bond acceptors (Lipinski definition) is 1. The largest absolute Gasteiger partial charge is 0.336 e. The summed E-state index contributed by atoms with van der Waals surface area (Å²) < 4.78 is 12.8. The maximum Gasteiger partial charge on any atom is 0.255 e. The molecule has 0 aromatic heterocycles. The summed E-state index contributed by atoms with van der Waals surface area (Å²) in [7, 11) is 4.16. The molecule has 0 unspecified atom stereocenters. The summed E-state index contributed by atoms with van der Waals surface area (Å²) in [5.74, 6) is -0.515. The van der Waals surface area contributed by atoms with Crippen molar-refractivity contribution in [1.82, 2.24) is 0 Å². The van der Waals surface area contributed by atoms with Crippen LogP contribution in [0.4, 0.5) is 10.1 Å². The zero-order valence-corrected chi connectivity index (χ0v) is 11.6. The van der Waals surface area contributed by atoms with Crippen LogP contribution >= 0.6 is 0 Å². The van der Waals surface area contributed by atoms with Crippen molar-refractivity contribution in [3.05, 3.63) is 65.5 Å². The van der Waals surface area contributed by atoms with Gasteiger partial charge in [0.1, 0.15) is 12.4 Å². The minimum absolute atomic E-state index is 0.194. The summed E-state index contributed by atoms with van der Waals surface area (Å²) in [6.07, 6.45) is 0. The minimum Gasteiger partial charge on any atom is -0.336 e. The van der Waals surface area contributed by atoms with Gasteiger partial charge in [0.05, 0.1) is 14.1 Å². The van der Waals surface area contributed by atoms with Crippen LogP contribution in [0, 0.1) is 5.82 Å². The second-order valence-corrected chi connectivity index (χ2v) is 5.04. The fourth-order valence-corrected chi connectivity index (χ4v) is 1.92. The molecule has 104 valence electrons. The lowest BCUT2D eigenvalue weighted by Gasteiger charge is -2.08. The second-order valence-electron chi connectivity index (χ2n) is 5.04. The van der Waals surface area contributed by atoms with Crippen LogP contribution in [-0.4, -0.2) is 20.0 Å². The molecule has 0 radical (unpaired) electrons. The smallest absolute Gasteiger partial charge is 0.255 e. The van der Waals surface area contributed by atoms with Crippen molar-refractivity contribution in [2.45, 2.75) is 6.54 Å². The van der Waals surface area contributed by atoms with Gasteiger partial charge in [0.25, 0.3) is 5.91 Å². The minimum atomic E-state index is -0.321. The van der Waals surface area contributed by atoms with Gasteiger partial charge < -0.3 is 10.2 Å². The van der Waals surface area contributed by atoms with Crippen LogP contribution in [-0.2, 0) is 6.54 Å². The SMILES string of the molecule is C[NH+](C)Cc1ccc(C(=O)Nc2ccc(F)cc2)cc1. The van der Waals surface area contributed by atoms with Crippen LogP contribution in [0.3, 0.4) is 0 Å². The first-order chi connectivity index (χ1) is 9.54. The standard InChI is InChI=1S/C16H17FN2O/c1-19(2)11-12-3-5-13(6-4-12)16(20)18-15-9-7-14(17)8-10-15/h3-10H,11H2,1-2H3,(H,18,20)/p+1. The lowest BCUT2D eigenvalue weighted by molar-refractivity contribution is -0.872. The van der Waals surface area contributed by atoms with Crippen molar-refractivity contribution in [3.8, 4) is 0 Å². The third-order valence-electron chi connectivity index (χ3n) is 2.88. The van der Waals surface area contributed by atoms with E-state index in [-0.39, 0.29) is 11.7 Å². The first kappa shape index (κ1) is 14.2. The Morgan fingerprint density at radius 3 is 2.20 bits per heavy atom. The van der Waals surface area contributed by atoms with E-state index >= 15 is 0 Å².